The summed E-state index contributed by atoms with van der Waals surface area (Å²) < 4.78 is 29.1. The lowest BCUT2D eigenvalue weighted by Gasteiger charge is -1.95. The summed E-state index contributed by atoms with van der Waals surface area (Å²) in [4.78, 5) is 7.75. The van der Waals surface area contributed by atoms with Crippen molar-refractivity contribution in [3.05, 3.63) is 24.1 Å². The van der Waals surface area contributed by atoms with Crippen LogP contribution < -0.4 is 0 Å². The van der Waals surface area contributed by atoms with Crippen molar-refractivity contribution in [1.29, 1.82) is 0 Å². The molecule has 2 heterocycles. The van der Waals surface area contributed by atoms with E-state index in [1.165, 1.54) is 12.4 Å². The fraction of sp³-hybridized carbons (Fsp3) is 0.250. The molecule has 0 atom stereocenters. The molecule has 0 aromatic carbocycles. The molecular formula is C8H5BF2N4O. The Balaban J connectivity index is 2.28. The van der Waals surface area contributed by atoms with Gasteiger partial charge in [0.25, 0.3) is 11.8 Å². The van der Waals surface area contributed by atoms with Crippen LogP contribution in [0.1, 0.15) is 18.1 Å². The van der Waals surface area contributed by atoms with Crippen LogP contribution in [0.25, 0.3) is 11.5 Å². The Bertz CT molecular complexity index is 473. The van der Waals surface area contributed by atoms with Gasteiger partial charge in [0.1, 0.15) is 5.82 Å². The minimum absolute atomic E-state index is 0.0427. The van der Waals surface area contributed by atoms with Crippen LogP contribution in [0.5, 0.6) is 0 Å². The zero-order valence-corrected chi connectivity index (χ0v) is 7.97. The molecule has 5 nitrogen and oxygen atoms in total. The molecule has 2 radical (unpaired) electrons. The molecule has 0 saturated carbocycles. The average Bonchev–Trinajstić information content (AvgIpc) is 2.78. The summed E-state index contributed by atoms with van der Waals surface area (Å²) in [6.45, 7) is 0. The van der Waals surface area contributed by atoms with Crippen LogP contribution in [-0.4, -0.2) is 28.0 Å². The standard InChI is InChI=1S/C8H5BF2N4O/c9-1-5-12-2-4(3-13-5)7-14-15-8(16-7)6(10)11/h2-3,6H,1H2. The van der Waals surface area contributed by atoms with Gasteiger partial charge in [-0.25, -0.2) is 9.97 Å². The number of aromatic nitrogens is 4. The maximum atomic E-state index is 12.2. The lowest BCUT2D eigenvalue weighted by atomic mass is 10.1. The number of hydrogen-bond acceptors (Lipinski definition) is 5. The maximum Gasteiger partial charge on any atom is 0.314 e. The van der Waals surface area contributed by atoms with Crippen molar-refractivity contribution in [1.82, 2.24) is 20.2 Å². The zero-order valence-electron chi connectivity index (χ0n) is 7.97. The second-order valence-electron chi connectivity index (χ2n) is 2.84. The minimum atomic E-state index is -2.79. The summed E-state index contributed by atoms with van der Waals surface area (Å²) in [6, 6.07) is 0. The molecule has 0 fully saturated rings. The minimum Gasteiger partial charge on any atom is -0.415 e. The molecular weight excluding hydrogens is 217 g/mol. The smallest absolute Gasteiger partial charge is 0.314 e. The lowest BCUT2D eigenvalue weighted by Crippen LogP contribution is -1.94. The topological polar surface area (TPSA) is 64.7 Å². The highest BCUT2D eigenvalue weighted by atomic mass is 19.3. The van der Waals surface area contributed by atoms with Crippen molar-refractivity contribution in [3.63, 3.8) is 0 Å². The van der Waals surface area contributed by atoms with Crippen LogP contribution >= 0.6 is 0 Å². The molecule has 2 aromatic rings. The number of halogens is 2. The number of alkyl halides is 2. The van der Waals surface area contributed by atoms with Gasteiger partial charge < -0.3 is 4.42 Å². The van der Waals surface area contributed by atoms with Gasteiger partial charge in [-0.15, -0.1) is 10.2 Å². The number of rotatable bonds is 3. The highest BCUT2D eigenvalue weighted by molar-refractivity contribution is 6.07. The summed E-state index contributed by atoms with van der Waals surface area (Å²) in [7, 11) is 5.31. The Labute approximate surface area is 90.3 Å². The van der Waals surface area contributed by atoms with Crippen molar-refractivity contribution in [3.8, 4) is 11.5 Å². The Morgan fingerprint density at radius 3 is 2.44 bits per heavy atom. The van der Waals surface area contributed by atoms with Crippen molar-refractivity contribution in [2.45, 2.75) is 12.7 Å². The highest BCUT2D eigenvalue weighted by Crippen LogP contribution is 2.21. The Kier molecular flexibility index (Phi) is 2.89. The quantitative estimate of drug-likeness (QED) is 0.728. The summed E-state index contributed by atoms with van der Waals surface area (Å²) in [6.07, 6.45) is 0.188. The van der Waals surface area contributed by atoms with E-state index in [-0.39, 0.29) is 12.2 Å². The molecule has 8 heteroatoms. The van der Waals surface area contributed by atoms with E-state index in [1.807, 2.05) is 0 Å². The van der Waals surface area contributed by atoms with Crippen molar-refractivity contribution in [2.75, 3.05) is 0 Å². The first-order valence-electron chi connectivity index (χ1n) is 4.33. The molecule has 0 aliphatic carbocycles. The molecule has 0 bridgehead atoms. The Hall–Kier alpha value is -1.86. The predicted octanol–water partition coefficient (Wildman–Crippen LogP) is 1.13. The third-order valence-electron chi connectivity index (χ3n) is 1.76. The average molecular weight is 222 g/mol. The molecule has 0 N–H and O–H groups in total. The lowest BCUT2D eigenvalue weighted by molar-refractivity contribution is 0.116. The fourth-order valence-electron chi connectivity index (χ4n) is 1.01. The first-order chi connectivity index (χ1) is 7.70. The van der Waals surface area contributed by atoms with E-state index < -0.39 is 12.3 Å². The normalized spacial score (nSPS) is 10.9. The fourth-order valence-corrected chi connectivity index (χ4v) is 1.01. The van der Waals surface area contributed by atoms with Crippen LogP contribution in [0.3, 0.4) is 0 Å². The molecule has 0 saturated heterocycles. The van der Waals surface area contributed by atoms with Gasteiger partial charge in [0.2, 0.25) is 0 Å². The molecule has 2 rings (SSSR count). The maximum absolute atomic E-state index is 12.2. The van der Waals surface area contributed by atoms with Gasteiger partial charge in [0, 0.05) is 12.4 Å². The molecule has 80 valence electrons. The van der Waals surface area contributed by atoms with Gasteiger partial charge in [-0.05, 0) is 6.32 Å². The first-order valence-corrected chi connectivity index (χ1v) is 4.33. The molecule has 0 amide bonds. The number of hydrogen-bond donors (Lipinski definition) is 0. The van der Waals surface area contributed by atoms with Crippen LogP contribution in [0.15, 0.2) is 16.8 Å². The van der Waals surface area contributed by atoms with Crippen molar-refractivity contribution in [2.24, 2.45) is 0 Å². The van der Waals surface area contributed by atoms with Gasteiger partial charge in [-0.3, -0.25) is 0 Å². The summed E-state index contributed by atoms with van der Waals surface area (Å²) in [5.41, 5.74) is 0.372. The van der Waals surface area contributed by atoms with Gasteiger partial charge in [0.05, 0.1) is 13.4 Å². The largest absolute Gasteiger partial charge is 0.415 e. The van der Waals surface area contributed by atoms with Crippen LogP contribution in [-0.2, 0) is 6.32 Å². The van der Waals surface area contributed by atoms with E-state index in [9.17, 15) is 8.78 Å². The van der Waals surface area contributed by atoms with Gasteiger partial charge in [-0.2, -0.15) is 8.78 Å². The predicted molar refractivity (Wildman–Crippen MR) is 49.7 cm³/mol. The summed E-state index contributed by atoms with van der Waals surface area (Å²) >= 11 is 0. The summed E-state index contributed by atoms with van der Waals surface area (Å²) in [5.74, 6) is -0.325. The van der Waals surface area contributed by atoms with Crippen LogP contribution in [0, 0.1) is 0 Å². The summed E-state index contributed by atoms with van der Waals surface area (Å²) in [5, 5.41) is 6.64. The van der Waals surface area contributed by atoms with E-state index in [4.69, 9.17) is 12.3 Å². The highest BCUT2D eigenvalue weighted by Gasteiger charge is 2.17. The third-order valence-corrected chi connectivity index (χ3v) is 1.76. The number of nitrogens with zero attached hydrogens (tertiary/aromatic N) is 4. The van der Waals surface area contributed by atoms with Gasteiger partial charge in [0.15, 0.2) is 0 Å². The van der Waals surface area contributed by atoms with E-state index in [2.05, 4.69) is 20.2 Å². The van der Waals surface area contributed by atoms with Crippen LogP contribution in [0.2, 0.25) is 0 Å². The first kappa shape index (κ1) is 10.7. The van der Waals surface area contributed by atoms with E-state index in [1.54, 1.807) is 0 Å². The van der Waals surface area contributed by atoms with Gasteiger partial charge in [-0.1, -0.05) is 0 Å². The monoisotopic (exact) mass is 222 g/mol. The van der Waals surface area contributed by atoms with Gasteiger partial charge >= 0.3 is 6.43 Å². The molecule has 0 aliphatic heterocycles. The van der Waals surface area contributed by atoms with E-state index in [0.717, 1.165) is 0 Å². The van der Waals surface area contributed by atoms with Crippen LogP contribution in [0.4, 0.5) is 8.78 Å². The molecule has 16 heavy (non-hydrogen) atoms. The third kappa shape index (κ3) is 2.05. The second kappa shape index (κ2) is 4.34. The molecule has 0 spiro atoms. The Morgan fingerprint density at radius 1 is 1.25 bits per heavy atom. The zero-order chi connectivity index (χ0) is 11.5. The van der Waals surface area contributed by atoms with E-state index in [0.29, 0.717) is 11.4 Å². The Morgan fingerprint density at radius 2 is 1.94 bits per heavy atom. The molecule has 0 unspecified atom stereocenters. The SMILES string of the molecule is [B]Cc1ncc(-c2nnc(C(F)F)o2)cn1. The van der Waals surface area contributed by atoms with E-state index >= 15 is 0 Å². The van der Waals surface area contributed by atoms with Crippen molar-refractivity contribution < 1.29 is 13.2 Å². The molecule has 0 aliphatic rings. The molecule has 2 aromatic heterocycles. The van der Waals surface area contributed by atoms with Crippen molar-refractivity contribution >= 4 is 7.85 Å². The second-order valence-corrected chi connectivity index (χ2v) is 2.84.